The summed E-state index contributed by atoms with van der Waals surface area (Å²) in [5, 5.41) is 34.0. The number of aromatic nitrogens is 2. The summed E-state index contributed by atoms with van der Waals surface area (Å²) in [4.78, 5) is 25.9. The van der Waals surface area contributed by atoms with E-state index in [4.69, 9.17) is 11.6 Å². The molecule has 2 aliphatic rings. The van der Waals surface area contributed by atoms with Gasteiger partial charge in [-0.2, -0.15) is 5.10 Å². The number of hydrogen-bond acceptors (Lipinski definition) is 7. The Bertz CT molecular complexity index is 1300. The number of halogens is 3. The van der Waals surface area contributed by atoms with E-state index in [1.54, 1.807) is 12.1 Å². The van der Waals surface area contributed by atoms with Crippen molar-refractivity contribution >= 4 is 34.7 Å². The Labute approximate surface area is 202 Å². The van der Waals surface area contributed by atoms with Gasteiger partial charge in [-0.05, 0) is 48.0 Å². The van der Waals surface area contributed by atoms with Crippen molar-refractivity contribution in [2.75, 3.05) is 17.2 Å². The molecule has 1 spiro atoms. The molecule has 1 saturated carbocycles. The lowest BCUT2D eigenvalue weighted by Gasteiger charge is -2.25. The summed E-state index contributed by atoms with van der Waals surface area (Å²) in [7, 11) is 0. The van der Waals surface area contributed by atoms with E-state index in [-0.39, 0.29) is 30.0 Å². The molecule has 1 amide bonds. The number of carbonyl (C=O) groups excluding carboxylic acids is 2. The predicted octanol–water partition coefficient (Wildman–Crippen LogP) is 2.71. The minimum atomic E-state index is -3.84. The molecule has 1 fully saturated rings. The van der Waals surface area contributed by atoms with Crippen LogP contribution in [0.25, 0.3) is 0 Å². The van der Waals surface area contributed by atoms with Gasteiger partial charge >= 0.3 is 5.57 Å². The number of alkyl halides is 3. The van der Waals surface area contributed by atoms with Crippen LogP contribution < -0.4 is 15.4 Å². The maximum atomic E-state index is 13.1. The summed E-state index contributed by atoms with van der Waals surface area (Å²) in [5.41, 5.74) is -4.90. The first-order valence-corrected chi connectivity index (χ1v) is 10.9. The summed E-state index contributed by atoms with van der Waals surface area (Å²) in [6, 6.07) is 11.4. The van der Waals surface area contributed by atoms with Gasteiger partial charge in [-0.15, -0.1) is 8.78 Å². The number of anilines is 2. The first kappa shape index (κ1) is 23.2. The summed E-state index contributed by atoms with van der Waals surface area (Å²) >= 11 is 4.74. The van der Waals surface area contributed by atoms with Gasteiger partial charge in [0.2, 0.25) is 0 Å². The number of nitrogens with one attached hydrogen (secondary N) is 3. The van der Waals surface area contributed by atoms with E-state index in [1.165, 1.54) is 42.6 Å². The summed E-state index contributed by atoms with van der Waals surface area (Å²) in [5.74, 6) is -1.17. The van der Waals surface area contributed by atoms with E-state index in [0.29, 0.717) is 16.9 Å². The van der Waals surface area contributed by atoms with Gasteiger partial charge in [-0.3, -0.25) is 14.7 Å². The molecular weight excluding hydrogens is 486 g/mol. The number of benzene rings is 2. The molecule has 0 saturated heterocycles. The maximum Gasteiger partial charge on any atom is 0.487 e. The van der Waals surface area contributed by atoms with Crippen molar-refractivity contribution in [3.63, 3.8) is 0 Å². The van der Waals surface area contributed by atoms with Gasteiger partial charge in [0.05, 0.1) is 11.1 Å². The Hall–Kier alpha value is -3.54. The third-order valence-electron chi connectivity index (χ3n) is 6.43. The number of ether oxygens (including phenoxy) is 1. The second kappa shape index (κ2) is 8.01. The van der Waals surface area contributed by atoms with Gasteiger partial charge in [0.1, 0.15) is 17.5 Å². The van der Waals surface area contributed by atoms with Crippen LogP contribution in [0.1, 0.15) is 28.0 Å². The van der Waals surface area contributed by atoms with Crippen LogP contribution in [-0.2, 0) is 15.8 Å². The molecule has 182 valence electrons. The van der Waals surface area contributed by atoms with E-state index in [9.17, 15) is 28.6 Å². The van der Waals surface area contributed by atoms with Crippen LogP contribution in [0.4, 0.5) is 20.2 Å². The number of rotatable bonds is 5. The largest absolute Gasteiger partial charge is 0.487 e. The number of fused-ring (bicyclic) bond motifs is 2. The number of amides is 1. The second-order valence-corrected chi connectivity index (χ2v) is 9.00. The fraction of sp³-hybridized carbons (Fsp3) is 0.261. The first-order valence-electron chi connectivity index (χ1n) is 10.5. The Balaban J connectivity index is 1.36. The van der Waals surface area contributed by atoms with Gasteiger partial charge in [-0.1, -0.05) is 6.07 Å². The molecule has 0 radical (unpaired) electrons. The lowest BCUT2D eigenvalue weighted by Crippen LogP contribution is -2.39. The highest BCUT2D eigenvalue weighted by Gasteiger charge is 2.64. The molecule has 1 aliphatic carbocycles. The van der Waals surface area contributed by atoms with Crippen molar-refractivity contribution in [2.45, 2.75) is 29.1 Å². The van der Waals surface area contributed by atoms with Crippen molar-refractivity contribution in [2.24, 2.45) is 0 Å². The fourth-order valence-electron chi connectivity index (χ4n) is 4.77. The van der Waals surface area contributed by atoms with Crippen LogP contribution >= 0.6 is 11.6 Å². The van der Waals surface area contributed by atoms with Gasteiger partial charge in [0.25, 0.3) is 5.91 Å². The lowest BCUT2D eigenvalue weighted by molar-refractivity contribution is -0.135. The summed E-state index contributed by atoms with van der Waals surface area (Å²) in [6.07, 6.45) is -0.289. The van der Waals surface area contributed by atoms with Crippen molar-refractivity contribution in [1.82, 2.24) is 10.2 Å². The Morgan fingerprint density at radius 1 is 1.23 bits per heavy atom. The highest BCUT2D eigenvalue weighted by molar-refractivity contribution is 6.20. The third kappa shape index (κ3) is 3.91. The summed E-state index contributed by atoms with van der Waals surface area (Å²) < 4.78 is 29.7. The van der Waals surface area contributed by atoms with Crippen molar-refractivity contribution in [1.29, 1.82) is 0 Å². The van der Waals surface area contributed by atoms with Gasteiger partial charge < -0.3 is 25.6 Å². The zero-order valence-electron chi connectivity index (χ0n) is 17.9. The number of aliphatic hydroxyl groups is 2. The quantitative estimate of drug-likeness (QED) is 0.337. The molecule has 3 aromatic rings. The van der Waals surface area contributed by atoms with Crippen LogP contribution in [0, 0.1) is 0 Å². The third-order valence-corrected chi connectivity index (χ3v) is 6.51. The van der Waals surface area contributed by atoms with Gasteiger partial charge in [0, 0.05) is 47.7 Å². The predicted molar refractivity (Wildman–Crippen MR) is 121 cm³/mol. The SMILES string of the molecule is O=C(Nc1ccc(OC(F)(F)Cl)cc1)c1ccc2c(c1)NCC21CC(O)(c2ccn[nH]2)C(O)C1=O. The van der Waals surface area contributed by atoms with Crippen LogP contribution in [0.2, 0.25) is 0 Å². The average Bonchev–Trinajstić information content (AvgIpc) is 3.51. The maximum absolute atomic E-state index is 13.1. The first-order chi connectivity index (χ1) is 16.5. The molecule has 12 heteroatoms. The molecule has 9 nitrogen and oxygen atoms in total. The van der Waals surface area contributed by atoms with E-state index in [1.807, 2.05) is 0 Å². The molecule has 1 aromatic heterocycles. The Morgan fingerprint density at radius 2 is 1.97 bits per heavy atom. The Kier molecular flexibility index (Phi) is 5.31. The summed E-state index contributed by atoms with van der Waals surface area (Å²) in [6.45, 7) is 0.145. The number of hydrogen-bond donors (Lipinski definition) is 5. The van der Waals surface area contributed by atoms with Crippen LogP contribution in [0.5, 0.6) is 5.75 Å². The molecule has 2 heterocycles. The van der Waals surface area contributed by atoms with Crippen LogP contribution in [0.3, 0.4) is 0 Å². The molecule has 5 N–H and O–H groups in total. The van der Waals surface area contributed by atoms with E-state index < -0.39 is 34.4 Å². The fourth-order valence-corrected chi connectivity index (χ4v) is 4.86. The van der Waals surface area contributed by atoms with Crippen LogP contribution in [-0.4, -0.2) is 50.3 Å². The number of carbonyl (C=O) groups is 2. The average molecular weight is 505 g/mol. The number of ketones is 1. The molecule has 3 unspecified atom stereocenters. The zero-order valence-corrected chi connectivity index (χ0v) is 18.6. The normalized spacial score (nSPS) is 25.4. The van der Waals surface area contributed by atoms with Gasteiger partial charge in [0.15, 0.2) is 5.78 Å². The number of aromatic amines is 1. The molecule has 0 bridgehead atoms. The lowest BCUT2D eigenvalue weighted by atomic mass is 9.78. The minimum absolute atomic E-state index is 0.0660. The topological polar surface area (TPSA) is 137 Å². The van der Waals surface area contributed by atoms with Gasteiger partial charge in [-0.25, -0.2) is 0 Å². The van der Waals surface area contributed by atoms with Crippen molar-refractivity contribution < 1.29 is 33.3 Å². The smallest absolute Gasteiger partial charge is 0.420 e. The number of nitrogens with zero attached hydrogens (tertiary/aromatic N) is 1. The standard InChI is InChI=1S/C23H19ClF2N4O5/c24-23(25,26)35-14-4-2-13(3-5-14)29-20(33)12-1-6-15-16(9-12)27-11-21(15)10-22(34,19(32)18(21)31)17-7-8-28-30-17/h1-9,19,27,32,34H,10-11H2,(H,28,30)(H,29,33). The van der Waals surface area contributed by atoms with Crippen molar-refractivity contribution in [3.05, 3.63) is 71.5 Å². The van der Waals surface area contributed by atoms with Crippen LogP contribution in [0.15, 0.2) is 54.7 Å². The van der Waals surface area contributed by atoms with Crippen molar-refractivity contribution in [3.8, 4) is 5.75 Å². The Morgan fingerprint density at radius 3 is 2.63 bits per heavy atom. The van der Waals surface area contributed by atoms with E-state index in [2.05, 4.69) is 25.6 Å². The molecule has 35 heavy (non-hydrogen) atoms. The number of aliphatic hydroxyl groups excluding tert-OH is 1. The zero-order chi connectivity index (χ0) is 25.0. The molecule has 3 atom stereocenters. The second-order valence-electron chi connectivity index (χ2n) is 8.56. The van der Waals surface area contributed by atoms with E-state index >= 15 is 0 Å². The minimum Gasteiger partial charge on any atom is -0.420 e. The molecule has 5 rings (SSSR count). The van der Waals surface area contributed by atoms with E-state index in [0.717, 1.165) is 0 Å². The molecular formula is C23H19ClF2N4O5. The highest BCUT2D eigenvalue weighted by atomic mass is 35.5. The number of Topliss-reactive ketones (excluding diaryl/α,β-unsaturated/α-hetero) is 1. The highest BCUT2D eigenvalue weighted by Crippen LogP contribution is 2.52. The molecule has 2 aromatic carbocycles. The monoisotopic (exact) mass is 504 g/mol. The number of H-pyrrole nitrogens is 1. The molecule has 1 aliphatic heterocycles.